The van der Waals surface area contributed by atoms with Crippen molar-refractivity contribution in [3.05, 3.63) is 34.3 Å². The van der Waals surface area contributed by atoms with Gasteiger partial charge in [0, 0.05) is 23.0 Å². The van der Waals surface area contributed by atoms with Crippen molar-refractivity contribution in [3.8, 4) is 0 Å². The molecule has 0 radical (unpaired) electrons. The second kappa shape index (κ2) is 23.7. The fourth-order valence-electron chi connectivity index (χ4n) is 4.38. The fraction of sp³-hybridized carbons (Fsp3) is 0.548. The first-order valence-corrected chi connectivity index (χ1v) is 16.9. The Morgan fingerprint density at radius 3 is 1.65 bits per heavy atom. The number of carboxylic acid groups (broad SMARTS) is 1. The number of nitrogens with one attached hydrogen (secondary N) is 7. The number of carboxylic acids is 1. The molecule has 0 saturated heterocycles. The highest BCUT2D eigenvalue weighted by molar-refractivity contribution is 9.10. The molecule has 0 unspecified atom stereocenters. The van der Waals surface area contributed by atoms with Crippen LogP contribution in [0.3, 0.4) is 0 Å². The molecule has 7 amide bonds. The first-order chi connectivity index (χ1) is 24.6. The largest absolute Gasteiger partial charge is 0.480 e. The molecule has 0 aromatic heterocycles. The normalized spacial score (nSPS) is 14.3. The van der Waals surface area contributed by atoms with E-state index in [1.807, 2.05) is 0 Å². The van der Waals surface area contributed by atoms with E-state index >= 15 is 0 Å². The van der Waals surface area contributed by atoms with Gasteiger partial charge in [0.2, 0.25) is 35.4 Å². The van der Waals surface area contributed by atoms with Crippen molar-refractivity contribution in [1.82, 2.24) is 37.2 Å². The number of aliphatic hydroxyl groups excluding tert-OH is 3. The lowest BCUT2D eigenvalue weighted by Gasteiger charge is -2.25. The minimum atomic E-state index is -1.70. The van der Waals surface area contributed by atoms with Gasteiger partial charge in [0.15, 0.2) is 0 Å². The third kappa shape index (κ3) is 16.1. The van der Waals surface area contributed by atoms with Crippen LogP contribution in [0.2, 0.25) is 0 Å². The summed E-state index contributed by atoms with van der Waals surface area (Å²) in [6.45, 7) is -1.03. The highest BCUT2D eigenvalue weighted by Crippen LogP contribution is 2.11. The summed E-state index contributed by atoms with van der Waals surface area (Å²) in [5.41, 5.74) is 5.45. The van der Waals surface area contributed by atoms with Crippen LogP contribution in [0.5, 0.6) is 0 Å². The Labute approximate surface area is 307 Å². The molecule has 1 rings (SSSR count). The Morgan fingerprint density at radius 2 is 1.15 bits per heavy atom. The number of likely N-dealkylation sites (N-methyl/N-ethyl adjacent to an activating group) is 1. The van der Waals surface area contributed by atoms with Gasteiger partial charge < -0.3 is 63.4 Å². The lowest BCUT2D eigenvalue weighted by Crippen LogP contribution is -2.60. The van der Waals surface area contributed by atoms with Crippen molar-refractivity contribution < 1.29 is 58.8 Å². The van der Waals surface area contributed by atoms with Crippen molar-refractivity contribution >= 4 is 63.2 Å². The molecule has 0 fully saturated rings. The summed E-state index contributed by atoms with van der Waals surface area (Å²) < 4.78 is 0.783. The van der Waals surface area contributed by atoms with Gasteiger partial charge >= 0.3 is 5.97 Å². The second-order valence-electron chi connectivity index (χ2n) is 11.5. The van der Waals surface area contributed by atoms with E-state index in [0.717, 1.165) is 4.47 Å². The number of carbonyl (C=O) groups excluding carboxylic acids is 7. The number of primary amides is 1. The van der Waals surface area contributed by atoms with E-state index < -0.39 is 97.5 Å². The standard InChI is InChI=1S/C31H47BrN8O12/c1-16(36-28(48)21(13-41)34-2)25(45)39-22(14-42)29(49)37-19(5-3-4-12-35-26(46)17-6-8-18(32)9-7-17)27(47)40-23(15-43)30(50)38-20(31(51)52)10-11-24(33)44/h6-9,16,19-23,34,41-43H,3-5,10-15H2,1-2H3,(H2,33,44)(H,35,46)(H,36,48)(H,37,49)(H,38,50)(H,39,45)(H,40,47)(H,51,52)/t16-,19-,20-,21-,22-,23-/m0/s1. The number of hydrogen-bond acceptors (Lipinski definition) is 12. The van der Waals surface area contributed by atoms with Crippen LogP contribution in [0.25, 0.3) is 0 Å². The number of halogens is 1. The van der Waals surface area contributed by atoms with Gasteiger partial charge in [0.25, 0.3) is 5.91 Å². The third-order valence-corrected chi connectivity index (χ3v) is 8.00. The SMILES string of the molecule is CN[C@@H](CO)C(=O)N[C@@H](C)C(=O)N[C@@H](CO)C(=O)N[C@@H](CCCCNC(=O)c1ccc(Br)cc1)C(=O)N[C@@H](CO)C(=O)N[C@@H](CCC(N)=O)C(=O)O. The van der Waals surface area contributed by atoms with Crippen LogP contribution < -0.4 is 43.0 Å². The van der Waals surface area contributed by atoms with Crippen LogP contribution in [0, 0.1) is 0 Å². The Hall–Kier alpha value is -4.70. The number of rotatable bonds is 24. The molecule has 0 aliphatic rings. The molecule has 13 N–H and O–H groups in total. The average Bonchev–Trinajstić information content (AvgIpc) is 3.10. The lowest BCUT2D eigenvalue weighted by molar-refractivity contribution is -0.143. The zero-order valence-electron chi connectivity index (χ0n) is 28.6. The predicted molar refractivity (Wildman–Crippen MR) is 186 cm³/mol. The van der Waals surface area contributed by atoms with Crippen molar-refractivity contribution in [2.45, 2.75) is 75.3 Å². The predicted octanol–water partition coefficient (Wildman–Crippen LogP) is -4.29. The number of aliphatic hydroxyl groups is 3. The molecule has 6 atom stereocenters. The highest BCUT2D eigenvalue weighted by Gasteiger charge is 2.32. The van der Waals surface area contributed by atoms with Crippen LogP contribution in [0.1, 0.15) is 49.4 Å². The Balaban J connectivity index is 3.05. The van der Waals surface area contributed by atoms with Gasteiger partial charge in [-0.05, 0) is 63.9 Å². The van der Waals surface area contributed by atoms with Crippen LogP contribution >= 0.6 is 15.9 Å². The maximum atomic E-state index is 13.4. The van der Waals surface area contributed by atoms with Crippen LogP contribution in [0.4, 0.5) is 0 Å². The molecule has 1 aromatic rings. The molecule has 20 nitrogen and oxygen atoms in total. The first-order valence-electron chi connectivity index (χ1n) is 16.1. The van der Waals surface area contributed by atoms with E-state index in [1.165, 1.54) is 14.0 Å². The molecule has 0 bridgehead atoms. The van der Waals surface area contributed by atoms with Crippen molar-refractivity contribution in [2.75, 3.05) is 33.4 Å². The summed E-state index contributed by atoms with van der Waals surface area (Å²) in [5, 5.41) is 54.9. The van der Waals surface area contributed by atoms with Crippen LogP contribution in [0.15, 0.2) is 28.7 Å². The molecule has 0 spiro atoms. The van der Waals surface area contributed by atoms with Gasteiger partial charge in [-0.15, -0.1) is 0 Å². The molecule has 290 valence electrons. The molecule has 0 heterocycles. The Kier molecular flexibility index (Phi) is 20.7. The number of hydrogen-bond donors (Lipinski definition) is 12. The molecule has 0 aliphatic carbocycles. The summed E-state index contributed by atoms with van der Waals surface area (Å²) in [4.78, 5) is 99.3. The molecule has 52 heavy (non-hydrogen) atoms. The lowest BCUT2D eigenvalue weighted by atomic mass is 10.1. The summed E-state index contributed by atoms with van der Waals surface area (Å²) in [7, 11) is 1.42. The average molecular weight is 804 g/mol. The zero-order chi connectivity index (χ0) is 39.4. The minimum absolute atomic E-state index is 0.104. The fourth-order valence-corrected chi connectivity index (χ4v) is 4.64. The summed E-state index contributed by atoms with van der Waals surface area (Å²) >= 11 is 3.28. The van der Waals surface area contributed by atoms with E-state index in [-0.39, 0.29) is 38.1 Å². The van der Waals surface area contributed by atoms with Gasteiger partial charge in [-0.2, -0.15) is 0 Å². The van der Waals surface area contributed by atoms with Gasteiger partial charge in [-0.25, -0.2) is 4.79 Å². The topological polar surface area (TPSA) is 328 Å². The monoisotopic (exact) mass is 802 g/mol. The van der Waals surface area contributed by atoms with E-state index in [9.17, 15) is 58.8 Å². The number of carbonyl (C=O) groups is 8. The van der Waals surface area contributed by atoms with Crippen molar-refractivity contribution in [2.24, 2.45) is 5.73 Å². The van der Waals surface area contributed by atoms with Crippen LogP contribution in [-0.4, -0.2) is 137 Å². The van der Waals surface area contributed by atoms with E-state index in [4.69, 9.17) is 5.73 Å². The quantitative estimate of drug-likeness (QED) is 0.0441. The number of amides is 7. The molecule has 21 heteroatoms. The number of nitrogens with two attached hydrogens (primary N) is 1. The van der Waals surface area contributed by atoms with E-state index in [0.29, 0.717) is 12.0 Å². The highest BCUT2D eigenvalue weighted by atomic mass is 79.9. The van der Waals surface area contributed by atoms with Crippen molar-refractivity contribution in [1.29, 1.82) is 0 Å². The zero-order valence-corrected chi connectivity index (χ0v) is 30.2. The summed E-state index contributed by atoms with van der Waals surface area (Å²) in [5.74, 6) is -7.44. The molecular formula is C31H47BrN8O12. The van der Waals surface area contributed by atoms with Gasteiger partial charge in [-0.1, -0.05) is 15.9 Å². The molecule has 1 aromatic carbocycles. The van der Waals surface area contributed by atoms with Gasteiger partial charge in [0.05, 0.1) is 19.8 Å². The maximum absolute atomic E-state index is 13.4. The van der Waals surface area contributed by atoms with Gasteiger partial charge in [0.1, 0.15) is 36.3 Å². The summed E-state index contributed by atoms with van der Waals surface area (Å²) in [6, 6.07) is -1.97. The third-order valence-electron chi connectivity index (χ3n) is 7.47. The van der Waals surface area contributed by atoms with Gasteiger partial charge in [-0.3, -0.25) is 33.6 Å². The Bertz CT molecular complexity index is 1400. The number of aliphatic carboxylic acids is 1. The first kappa shape index (κ1) is 45.3. The molecule has 0 aliphatic heterocycles. The Morgan fingerprint density at radius 1 is 0.673 bits per heavy atom. The molecule has 0 saturated carbocycles. The molecular weight excluding hydrogens is 756 g/mol. The smallest absolute Gasteiger partial charge is 0.326 e. The maximum Gasteiger partial charge on any atom is 0.326 e. The van der Waals surface area contributed by atoms with Crippen LogP contribution in [-0.2, 0) is 33.6 Å². The minimum Gasteiger partial charge on any atom is -0.480 e. The number of unbranched alkanes of at least 4 members (excludes halogenated alkanes) is 1. The van der Waals surface area contributed by atoms with E-state index in [2.05, 4.69) is 53.1 Å². The summed E-state index contributed by atoms with van der Waals surface area (Å²) in [6.07, 6.45) is -0.330. The van der Waals surface area contributed by atoms with E-state index in [1.54, 1.807) is 24.3 Å². The van der Waals surface area contributed by atoms with Crippen molar-refractivity contribution in [3.63, 3.8) is 0 Å². The number of benzene rings is 1. The second-order valence-corrected chi connectivity index (χ2v) is 12.4.